The van der Waals surface area contributed by atoms with Gasteiger partial charge in [-0.1, -0.05) is 18.2 Å². The molecule has 2 aromatic carbocycles. The van der Waals surface area contributed by atoms with Gasteiger partial charge in [0.1, 0.15) is 17.3 Å². The van der Waals surface area contributed by atoms with E-state index in [2.05, 4.69) is 5.32 Å². The molecule has 37 heavy (non-hydrogen) atoms. The lowest BCUT2D eigenvalue weighted by molar-refractivity contribution is -0.144. The molecule has 11 nitrogen and oxygen atoms in total. The number of nitrogens with zero attached hydrogens (tertiary/aromatic N) is 3. The molecule has 2 atom stereocenters. The quantitative estimate of drug-likeness (QED) is 0.509. The summed E-state index contributed by atoms with van der Waals surface area (Å²) >= 11 is 0. The number of likely N-dealkylation sites (tertiary alicyclic amines) is 1. The van der Waals surface area contributed by atoms with E-state index in [-0.39, 0.29) is 35.7 Å². The SMILES string of the molecule is COc1ccc2c(c1OC)C(=O)OC2N1C(=O)CCC1C(=O)Nc1c(C)n(C)n(-c2ccccc2)c1=O. The number of hydrogen-bond donors (Lipinski definition) is 1. The van der Waals surface area contributed by atoms with Crippen LogP contribution in [0.5, 0.6) is 11.5 Å². The summed E-state index contributed by atoms with van der Waals surface area (Å²) in [6.45, 7) is 1.72. The van der Waals surface area contributed by atoms with Crippen molar-refractivity contribution < 1.29 is 28.6 Å². The molecule has 1 aromatic heterocycles. The number of hydrogen-bond acceptors (Lipinski definition) is 7. The number of cyclic esters (lactones) is 1. The highest BCUT2D eigenvalue weighted by Crippen LogP contribution is 2.45. The van der Waals surface area contributed by atoms with Crippen LogP contribution < -0.4 is 20.3 Å². The number of carbonyl (C=O) groups excluding carboxylic acids is 3. The van der Waals surface area contributed by atoms with Crippen molar-refractivity contribution in [3.63, 3.8) is 0 Å². The molecule has 2 amide bonds. The molecule has 0 saturated carbocycles. The van der Waals surface area contributed by atoms with Crippen LogP contribution in [0.1, 0.15) is 40.7 Å². The van der Waals surface area contributed by atoms with Crippen molar-refractivity contribution in [1.29, 1.82) is 0 Å². The van der Waals surface area contributed by atoms with E-state index in [4.69, 9.17) is 14.2 Å². The van der Waals surface area contributed by atoms with Crippen LogP contribution in [-0.4, -0.2) is 52.3 Å². The predicted octanol–water partition coefficient (Wildman–Crippen LogP) is 2.30. The molecule has 0 aliphatic carbocycles. The third kappa shape index (κ3) is 3.74. The molecule has 192 valence electrons. The van der Waals surface area contributed by atoms with Crippen molar-refractivity contribution in [2.24, 2.45) is 7.05 Å². The minimum Gasteiger partial charge on any atom is -0.493 e. The monoisotopic (exact) mass is 506 g/mol. The first-order valence-corrected chi connectivity index (χ1v) is 11.7. The normalized spacial score (nSPS) is 18.5. The second-order valence-electron chi connectivity index (χ2n) is 8.80. The van der Waals surface area contributed by atoms with Crippen LogP contribution in [0.3, 0.4) is 0 Å². The molecular weight excluding hydrogens is 480 g/mol. The number of carbonyl (C=O) groups is 3. The second kappa shape index (κ2) is 9.16. The molecule has 1 saturated heterocycles. The van der Waals surface area contributed by atoms with Gasteiger partial charge in [-0.15, -0.1) is 0 Å². The van der Waals surface area contributed by atoms with Crippen LogP contribution in [-0.2, 0) is 21.4 Å². The van der Waals surface area contributed by atoms with E-state index in [1.807, 2.05) is 18.2 Å². The van der Waals surface area contributed by atoms with Gasteiger partial charge >= 0.3 is 5.97 Å². The standard InChI is InChI=1S/C26H26N4O7/c1-14-21(24(33)30(28(14)2)15-8-6-5-7-9-15)27-23(32)17-11-13-19(31)29(17)25-16-10-12-18(35-3)22(36-4)20(16)26(34)37-25/h5-10,12,17,25H,11,13H2,1-4H3,(H,27,32). The van der Waals surface area contributed by atoms with E-state index in [9.17, 15) is 19.2 Å². The predicted molar refractivity (Wildman–Crippen MR) is 132 cm³/mol. The molecule has 5 rings (SSSR count). The Morgan fingerprint density at radius 3 is 2.46 bits per heavy atom. The summed E-state index contributed by atoms with van der Waals surface area (Å²) in [7, 11) is 4.57. The third-order valence-electron chi connectivity index (χ3n) is 6.88. The van der Waals surface area contributed by atoms with Gasteiger partial charge in [-0.25, -0.2) is 9.48 Å². The summed E-state index contributed by atoms with van der Waals surface area (Å²) in [4.78, 5) is 53.7. The van der Waals surface area contributed by atoms with Gasteiger partial charge in [-0.05, 0) is 37.6 Å². The van der Waals surface area contributed by atoms with E-state index in [1.54, 1.807) is 42.9 Å². The fourth-order valence-corrected chi connectivity index (χ4v) is 4.96. The molecule has 3 heterocycles. The number of rotatable bonds is 6. The molecule has 0 radical (unpaired) electrons. The van der Waals surface area contributed by atoms with E-state index in [0.717, 1.165) is 0 Å². The van der Waals surface area contributed by atoms with Crippen molar-refractivity contribution in [3.8, 4) is 17.2 Å². The van der Waals surface area contributed by atoms with Gasteiger partial charge < -0.3 is 19.5 Å². The number of anilines is 1. The topological polar surface area (TPSA) is 121 Å². The van der Waals surface area contributed by atoms with E-state index in [0.29, 0.717) is 22.7 Å². The lowest BCUT2D eigenvalue weighted by Gasteiger charge is -2.29. The van der Waals surface area contributed by atoms with Crippen molar-refractivity contribution in [1.82, 2.24) is 14.3 Å². The highest BCUT2D eigenvalue weighted by atomic mass is 16.6. The number of ether oxygens (including phenoxy) is 3. The first kappa shape index (κ1) is 24.2. The Morgan fingerprint density at radius 2 is 1.78 bits per heavy atom. The number of benzene rings is 2. The molecule has 2 unspecified atom stereocenters. The molecule has 11 heteroatoms. The number of amides is 2. The van der Waals surface area contributed by atoms with E-state index < -0.39 is 29.7 Å². The van der Waals surface area contributed by atoms with Crippen molar-refractivity contribution in [2.45, 2.75) is 32.0 Å². The number of esters is 1. The number of para-hydroxylation sites is 1. The first-order chi connectivity index (χ1) is 17.8. The summed E-state index contributed by atoms with van der Waals surface area (Å²) < 4.78 is 19.3. The Kier molecular flexibility index (Phi) is 5.98. The Labute approximate surface area is 212 Å². The average molecular weight is 507 g/mol. The molecule has 3 aromatic rings. The fraction of sp³-hybridized carbons (Fsp3) is 0.308. The lowest BCUT2D eigenvalue weighted by atomic mass is 10.1. The first-order valence-electron chi connectivity index (χ1n) is 11.7. The molecule has 0 bridgehead atoms. The van der Waals surface area contributed by atoms with Crippen molar-refractivity contribution in [3.05, 3.63) is 69.6 Å². The Bertz CT molecular complexity index is 1470. The minimum absolute atomic E-state index is 0.0940. The fourth-order valence-electron chi connectivity index (χ4n) is 4.96. The summed E-state index contributed by atoms with van der Waals surface area (Å²) in [6.07, 6.45) is -0.803. The van der Waals surface area contributed by atoms with Crippen LogP contribution in [0.2, 0.25) is 0 Å². The summed E-state index contributed by atoms with van der Waals surface area (Å²) in [6, 6.07) is 11.3. The maximum atomic E-state index is 13.5. The zero-order valence-corrected chi connectivity index (χ0v) is 20.8. The van der Waals surface area contributed by atoms with Crippen molar-refractivity contribution in [2.75, 3.05) is 19.5 Å². The summed E-state index contributed by atoms with van der Waals surface area (Å²) in [5.41, 5.74) is 1.46. The zero-order valence-electron chi connectivity index (χ0n) is 20.8. The van der Waals surface area contributed by atoms with Crippen LogP contribution in [0, 0.1) is 6.92 Å². The van der Waals surface area contributed by atoms with E-state index in [1.165, 1.54) is 23.8 Å². The maximum absolute atomic E-state index is 13.5. The number of methoxy groups -OCH3 is 2. The maximum Gasteiger partial charge on any atom is 0.344 e. The van der Waals surface area contributed by atoms with Gasteiger partial charge in [-0.2, -0.15) is 0 Å². The molecule has 0 spiro atoms. The van der Waals surface area contributed by atoms with Gasteiger partial charge in [0.2, 0.25) is 18.0 Å². The molecule has 2 aliphatic heterocycles. The van der Waals surface area contributed by atoms with Crippen molar-refractivity contribution >= 4 is 23.5 Å². The summed E-state index contributed by atoms with van der Waals surface area (Å²) in [5.74, 6) is -1.02. The van der Waals surface area contributed by atoms with Gasteiger partial charge in [-0.3, -0.25) is 24.0 Å². The largest absolute Gasteiger partial charge is 0.493 e. The number of nitrogens with one attached hydrogen (secondary N) is 1. The highest BCUT2D eigenvalue weighted by Gasteiger charge is 2.48. The zero-order chi connectivity index (χ0) is 26.4. The van der Waals surface area contributed by atoms with Crippen LogP contribution in [0.4, 0.5) is 5.69 Å². The van der Waals surface area contributed by atoms with Gasteiger partial charge in [0, 0.05) is 19.0 Å². The minimum atomic E-state index is -1.11. The molecule has 2 aliphatic rings. The van der Waals surface area contributed by atoms with Crippen LogP contribution in [0.15, 0.2) is 47.3 Å². The van der Waals surface area contributed by atoms with Gasteiger partial charge in [0.05, 0.1) is 25.6 Å². The smallest absolute Gasteiger partial charge is 0.344 e. The Balaban J connectivity index is 1.47. The second-order valence-corrected chi connectivity index (χ2v) is 8.80. The Hall–Kier alpha value is -4.54. The Morgan fingerprint density at radius 1 is 1.05 bits per heavy atom. The van der Waals surface area contributed by atoms with Crippen LogP contribution >= 0.6 is 0 Å². The average Bonchev–Trinajstić information content (AvgIpc) is 3.51. The van der Waals surface area contributed by atoms with E-state index >= 15 is 0 Å². The summed E-state index contributed by atoms with van der Waals surface area (Å²) in [5, 5.41) is 2.73. The number of fused-ring (bicyclic) bond motifs is 1. The lowest BCUT2D eigenvalue weighted by Crippen LogP contribution is -2.44. The third-order valence-corrected chi connectivity index (χ3v) is 6.88. The van der Waals surface area contributed by atoms with Crippen LogP contribution in [0.25, 0.3) is 5.69 Å². The molecule has 1 N–H and O–H groups in total. The molecule has 1 fully saturated rings. The van der Waals surface area contributed by atoms with Gasteiger partial charge in [0.15, 0.2) is 11.5 Å². The highest BCUT2D eigenvalue weighted by molar-refractivity contribution is 6.01. The molecular formula is C26H26N4O7. The van der Waals surface area contributed by atoms with Gasteiger partial charge in [0.25, 0.3) is 5.56 Å². The number of aromatic nitrogens is 2.